The number of carbonyl (C=O) groups is 1. The highest BCUT2D eigenvalue weighted by molar-refractivity contribution is 9.10. The van der Waals surface area contributed by atoms with Crippen LogP contribution >= 0.6 is 15.9 Å². The zero-order valence-corrected chi connectivity index (χ0v) is 13.2. The Morgan fingerprint density at radius 1 is 1.48 bits per heavy atom. The van der Waals surface area contributed by atoms with Gasteiger partial charge in [0.25, 0.3) is 11.5 Å². The lowest BCUT2D eigenvalue weighted by molar-refractivity contribution is 0.0783. The highest BCUT2D eigenvalue weighted by Crippen LogP contribution is 2.11. The second-order valence-electron chi connectivity index (χ2n) is 4.43. The average molecular weight is 352 g/mol. The third-order valence-electron chi connectivity index (χ3n) is 2.87. The number of ether oxygens (including phenoxy) is 1. The topological polar surface area (TPSA) is 75.3 Å². The Kier molecular flexibility index (Phi) is 4.74. The second-order valence-corrected chi connectivity index (χ2v) is 5.35. The molecule has 1 N–H and O–H groups in total. The van der Waals surface area contributed by atoms with Crippen LogP contribution in [0.4, 0.5) is 0 Å². The Labute approximate surface area is 129 Å². The molecule has 0 aromatic carbocycles. The molecule has 110 valence electrons. The fourth-order valence-electron chi connectivity index (χ4n) is 1.79. The summed E-state index contributed by atoms with van der Waals surface area (Å²) in [5, 5.41) is 0. The molecule has 1 amide bonds. The molecule has 2 rings (SSSR count). The molecule has 0 bridgehead atoms. The van der Waals surface area contributed by atoms with Crippen molar-refractivity contribution >= 4 is 21.8 Å². The number of hydrogen-bond acceptors (Lipinski definition) is 4. The molecule has 2 heterocycles. The van der Waals surface area contributed by atoms with Crippen molar-refractivity contribution in [3.63, 3.8) is 0 Å². The van der Waals surface area contributed by atoms with Crippen molar-refractivity contribution in [1.29, 1.82) is 0 Å². The van der Waals surface area contributed by atoms with Gasteiger partial charge in [-0.1, -0.05) is 6.07 Å². The van der Waals surface area contributed by atoms with Gasteiger partial charge in [-0.2, -0.15) is 0 Å². The molecular weight excluding hydrogens is 338 g/mol. The van der Waals surface area contributed by atoms with Crippen molar-refractivity contribution in [1.82, 2.24) is 14.9 Å². The largest absolute Gasteiger partial charge is 0.481 e. The molecule has 0 radical (unpaired) electrons. The highest BCUT2D eigenvalue weighted by Gasteiger charge is 2.16. The lowest BCUT2D eigenvalue weighted by atomic mass is 10.2. The number of nitrogens with zero attached hydrogens (tertiary/aromatic N) is 2. The fraction of sp³-hybridized carbons (Fsp3) is 0.214. The van der Waals surface area contributed by atoms with Gasteiger partial charge in [0.15, 0.2) is 0 Å². The SMILES string of the molecule is COc1ccc(CN(C)C(=O)c2cc(Br)c[nH]c2=O)cn1. The van der Waals surface area contributed by atoms with Gasteiger partial charge in [0.2, 0.25) is 5.88 Å². The van der Waals surface area contributed by atoms with Gasteiger partial charge in [-0.15, -0.1) is 0 Å². The molecular formula is C14H14BrN3O3. The number of halogens is 1. The van der Waals surface area contributed by atoms with Gasteiger partial charge >= 0.3 is 0 Å². The first-order valence-electron chi connectivity index (χ1n) is 6.14. The minimum atomic E-state index is -0.414. The number of aromatic nitrogens is 2. The van der Waals surface area contributed by atoms with Crippen LogP contribution in [0, 0.1) is 0 Å². The van der Waals surface area contributed by atoms with Crippen LogP contribution < -0.4 is 10.3 Å². The zero-order valence-electron chi connectivity index (χ0n) is 11.6. The quantitative estimate of drug-likeness (QED) is 0.911. The predicted octanol–water partition coefficient (Wildman–Crippen LogP) is 1.81. The summed E-state index contributed by atoms with van der Waals surface area (Å²) >= 11 is 3.23. The first kappa shape index (κ1) is 15.2. The fourth-order valence-corrected chi connectivity index (χ4v) is 2.14. The number of carbonyl (C=O) groups excluding carboxylic acids is 1. The first-order valence-corrected chi connectivity index (χ1v) is 6.93. The summed E-state index contributed by atoms with van der Waals surface area (Å²) in [5.41, 5.74) is 0.523. The lowest BCUT2D eigenvalue weighted by Gasteiger charge is -2.17. The van der Waals surface area contributed by atoms with Crippen LogP contribution in [0.25, 0.3) is 0 Å². The van der Waals surface area contributed by atoms with E-state index < -0.39 is 5.56 Å². The summed E-state index contributed by atoms with van der Waals surface area (Å²) in [6, 6.07) is 5.05. The van der Waals surface area contributed by atoms with E-state index in [1.807, 2.05) is 6.07 Å². The molecule has 6 nitrogen and oxygen atoms in total. The molecule has 0 aliphatic heterocycles. The molecule has 21 heavy (non-hydrogen) atoms. The summed E-state index contributed by atoms with van der Waals surface area (Å²) < 4.78 is 5.62. The number of methoxy groups -OCH3 is 1. The van der Waals surface area contributed by atoms with Gasteiger partial charge in [0.05, 0.1) is 7.11 Å². The van der Waals surface area contributed by atoms with Crippen LogP contribution in [-0.4, -0.2) is 34.9 Å². The van der Waals surface area contributed by atoms with E-state index in [0.29, 0.717) is 16.9 Å². The summed E-state index contributed by atoms with van der Waals surface area (Å²) in [4.78, 5) is 32.0. The minimum absolute atomic E-state index is 0.0911. The van der Waals surface area contributed by atoms with E-state index in [-0.39, 0.29) is 11.5 Å². The number of H-pyrrole nitrogens is 1. The van der Waals surface area contributed by atoms with Crippen molar-refractivity contribution in [2.24, 2.45) is 0 Å². The van der Waals surface area contributed by atoms with E-state index in [1.54, 1.807) is 19.3 Å². The van der Waals surface area contributed by atoms with Crippen molar-refractivity contribution in [2.75, 3.05) is 14.2 Å². The van der Waals surface area contributed by atoms with Gasteiger partial charge in [-0.3, -0.25) is 9.59 Å². The number of rotatable bonds is 4. The Morgan fingerprint density at radius 2 is 2.24 bits per heavy atom. The van der Waals surface area contributed by atoms with Crippen LogP contribution in [0.15, 0.2) is 39.9 Å². The third-order valence-corrected chi connectivity index (χ3v) is 3.33. The molecule has 7 heteroatoms. The molecule has 0 aliphatic carbocycles. The number of hydrogen-bond donors (Lipinski definition) is 1. The van der Waals surface area contributed by atoms with E-state index in [1.165, 1.54) is 24.3 Å². The minimum Gasteiger partial charge on any atom is -0.481 e. The van der Waals surface area contributed by atoms with E-state index in [2.05, 4.69) is 25.9 Å². The maximum Gasteiger partial charge on any atom is 0.260 e. The summed E-state index contributed by atoms with van der Waals surface area (Å²) in [7, 11) is 3.17. The smallest absolute Gasteiger partial charge is 0.260 e. The van der Waals surface area contributed by atoms with Crippen molar-refractivity contribution in [2.45, 2.75) is 6.54 Å². The van der Waals surface area contributed by atoms with Gasteiger partial charge in [0.1, 0.15) is 5.56 Å². The van der Waals surface area contributed by atoms with Gasteiger partial charge in [0, 0.05) is 36.5 Å². The standard InChI is InChI=1S/C14H14BrN3O3/c1-18(8-9-3-4-12(21-2)16-6-9)14(20)11-5-10(15)7-17-13(11)19/h3-7H,8H2,1-2H3,(H,17,19). The van der Waals surface area contributed by atoms with Crippen LogP contribution in [0.2, 0.25) is 0 Å². The monoisotopic (exact) mass is 351 g/mol. The summed E-state index contributed by atoms with van der Waals surface area (Å²) in [6.07, 6.45) is 3.13. The number of nitrogens with one attached hydrogen (secondary N) is 1. The number of aromatic amines is 1. The van der Waals surface area contributed by atoms with E-state index in [0.717, 1.165) is 5.56 Å². The molecule has 0 spiro atoms. The Morgan fingerprint density at radius 3 is 2.86 bits per heavy atom. The average Bonchev–Trinajstić information content (AvgIpc) is 2.49. The van der Waals surface area contributed by atoms with Gasteiger partial charge in [-0.05, 0) is 27.6 Å². The summed E-state index contributed by atoms with van der Waals surface area (Å²) in [5.74, 6) is 0.157. The zero-order chi connectivity index (χ0) is 15.4. The van der Waals surface area contributed by atoms with E-state index in [9.17, 15) is 9.59 Å². The predicted molar refractivity (Wildman–Crippen MR) is 81.3 cm³/mol. The number of amides is 1. The maximum atomic E-state index is 12.3. The molecule has 0 atom stereocenters. The normalized spacial score (nSPS) is 10.2. The van der Waals surface area contributed by atoms with Crippen molar-refractivity contribution in [3.8, 4) is 5.88 Å². The van der Waals surface area contributed by atoms with E-state index >= 15 is 0 Å². The molecule has 0 aliphatic rings. The second kappa shape index (κ2) is 6.53. The van der Waals surface area contributed by atoms with Crippen molar-refractivity contribution < 1.29 is 9.53 Å². The van der Waals surface area contributed by atoms with Gasteiger partial charge in [-0.25, -0.2) is 4.98 Å². The van der Waals surface area contributed by atoms with E-state index in [4.69, 9.17) is 4.74 Å². The molecule has 0 unspecified atom stereocenters. The molecule has 0 saturated carbocycles. The molecule has 0 saturated heterocycles. The summed E-state index contributed by atoms with van der Waals surface area (Å²) in [6.45, 7) is 0.349. The molecule has 0 fully saturated rings. The van der Waals surface area contributed by atoms with Gasteiger partial charge < -0.3 is 14.6 Å². The van der Waals surface area contributed by atoms with Crippen LogP contribution in [-0.2, 0) is 6.54 Å². The van der Waals surface area contributed by atoms with Crippen molar-refractivity contribution in [3.05, 3.63) is 56.5 Å². The lowest BCUT2D eigenvalue weighted by Crippen LogP contribution is -2.31. The third kappa shape index (κ3) is 3.69. The molecule has 2 aromatic heterocycles. The first-order chi connectivity index (χ1) is 10.0. The number of pyridine rings is 2. The van der Waals surface area contributed by atoms with Crippen LogP contribution in [0.5, 0.6) is 5.88 Å². The van der Waals surface area contributed by atoms with Crippen LogP contribution in [0.3, 0.4) is 0 Å². The highest BCUT2D eigenvalue weighted by atomic mass is 79.9. The van der Waals surface area contributed by atoms with Crippen LogP contribution in [0.1, 0.15) is 15.9 Å². The Balaban J connectivity index is 2.15. The molecule has 2 aromatic rings. The maximum absolute atomic E-state index is 12.3. The Bertz CT molecular complexity index is 697. The Hall–Kier alpha value is -2.15.